The van der Waals surface area contributed by atoms with Crippen molar-refractivity contribution in [3.8, 4) is 0 Å². The molecule has 2 fully saturated rings. The molecule has 3 unspecified atom stereocenters. The third kappa shape index (κ3) is 2.63. The van der Waals surface area contributed by atoms with E-state index >= 15 is 0 Å². The van der Waals surface area contributed by atoms with E-state index in [1.54, 1.807) is 0 Å². The summed E-state index contributed by atoms with van der Waals surface area (Å²) < 4.78 is 11.5. The molecule has 2 saturated heterocycles. The summed E-state index contributed by atoms with van der Waals surface area (Å²) in [6.07, 6.45) is 3.79. The predicted molar refractivity (Wildman–Crippen MR) is 58.3 cm³/mol. The molecule has 14 heavy (non-hydrogen) atoms. The Balaban J connectivity index is 1.76. The summed E-state index contributed by atoms with van der Waals surface area (Å²) in [6, 6.07) is 0. The van der Waals surface area contributed by atoms with E-state index in [2.05, 4.69) is 0 Å². The van der Waals surface area contributed by atoms with Crippen molar-refractivity contribution in [2.24, 2.45) is 11.7 Å². The Morgan fingerprint density at radius 2 is 2.36 bits per heavy atom. The molecule has 0 aromatic heterocycles. The van der Waals surface area contributed by atoms with E-state index in [1.165, 1.54) is 24.3 Å². The average Bonchev–Trinajstić information content (AvgIpc) is 2.68. The lowest BCUT2D eigenvalue weighted by molar-refractivity contribution is -0.0932. The molecule has 0 saturated carbocycles. The minimum absolute atomic E-state index is 0.0550. The Bertz CT molecular complexity index is 174. The smallest absolute Gasteiger partial charge is 0.161 e. The van der Waals surface area contributed by atoms with Crippen LogP contribution in [0.15, 0.2) is 0 Å². The van der Waals surface area contributed by atoms with Gasteiger partial charge >= 0.3 is 0 Å². The van der Waals surface area contributed by atoms with Crippen LogP contribution < -0.4 is 5.73 Å². The van der Waals surface area contributed by atoms with Crippen LogP contribution in [0.25, 0.3) is 0 Å². The van der Waals surface area contributed by atoms with Crippen molar-refractivity contribution in [2.75, 3.05) is 24.7 Å². The summed E-state index contributed by atoms with van der Waals surface area (Å²) in [5.74, 6) is 3.10. The van der Waals surface area contributed by atoms with Crippen molar-refractivity contribution in [2.45, 2.75) is 31.7 Å². The van der Waals surface area contributed by atoms with Crippen LogP contribution in [0.2, 0.25) is 0 Å². The van der Waals surface area contributed by atoms with Crippen molar-refractivity contribution >= 4 is 11.8 Å². The quantitative estimate of drug-likeness (QED) is 0.772. The molecule has 0 spiro atoms. The second-order valence-corrected chi connectivity index (χ2v) is 5.16. The Kier molecular flexibility index (Phi) is 4.10. The van der Waals surface area contributed by atoms with E-state index in [-0.39, 0.29) is 12.4 Å². The topological polar surface area (TPSA) is 44.5 Å². The molecule has 2 heterocycles. The van der Waals surface area contributed by atoms with E-state index in [0.29, 0.717) is 12.5 Å². The van der Waals surface area contributed by atoms with Gasteiger partial charge in [-0.25, -0.2) is 0 Å². The fourth-order valence-corrected chi connectivity index (χ4v) is 3.20. The van der Waals surface area contributed by atoms with Gasteiger partial charge in [0, 0.05) is 11.7 Å². The molecule has 3 nitrogen and oxygen atoms in total. The molecule has 0 bridgehead atoms. The maximum atomic E-state index is 5.83. The Morgan fingerprint density at radius 1 is 1.43 bits per heavy atom. The molecule has 82 valence electrons. The first kappa shape index (κ1) is 10.7. The normalized spacial score (nSPS) is 38.8. The van der Waals surface area contributed by atoms with Gasteiger partial charge < -0.3 is 15.2 Å². The van der Waals surface area contributed by atoms with Gasteiger partial charge in [-0.05, 0) is 31.6 Å². The number of thioether (sulfide) groups is 1. The maximum Gasteiger partial charge on any atom is 0.161 e. The Morgan fingerprint density at radius 3 is 3.07 bits per heavy atom. The van der Waals surface area contributed by atoms with Crippen LogP contribution >= 0.6 is 11.8 Å². The Labute approximate surface area is 89.7 Å². The molecule has 0 radical (unpaired) electrons. The molecular formula is C10H19NO2S. The van der Waals surface area contributed by atoms with Crippen molar-refractivity contribution in [3.63, 3.8) is 0 Å². The largest absolute Gasteiger partial charge is 0.350 e. The van der Waals surface area contributed by atoms with Crippen molar-refractivity contribution in [1.29, 1.82) is 0 Å². The number of hydrogen-bond donors (Lipinski definition) is 1. The molecule has 3 atom stereocenters. The number of nitrogens with two attached hydrogens (primary N) is 1. The van der Waals surface area contributed by atoms with E-state index in [0.717, 1.165) is 13.0 Å². The van der Waals surface area contributed by atoms with Crippen LogP contribution in [0, 0.1) is 5.92 Å². The SMILES string of the molecule is NCCC1COC(C2CCCSC2)O1. The Hall–Kier alpha value is 0.230. The third-order valence-electron chi connectivity index (χ3n) is 2.84. The monoisotopic (exact) mass is 217 g/mol. The fraction of sp³-hybridized carbons (Fsp3) is 1.00. The molecular weight excluding hydrogens is 198 g/mol. The standard InChI is InChI=1S/C10H19NO2S/c11-4-3-9-6-12-10(13-9)8-2-1-5-14-7-8/h8-10H,1-7,11H2. The lowest BCUT2D eigenvalue weighted by Crippen LogP contribution is -2.27. The van der Waals surface area contributed by atoms with Gasteiger partial charge in [0.05, 0.1) is 12.7 Å². The lowest BCUT2D eigenvalue weighted by Gasteiger charge is -2.25. The van der Waals surface area contributed by atoms with Crippen LogP contribution in [0.3, 0.4) is 0 Å². The van der Waals surface area contributed by atoms with Gasteiger partial charge in [0.25, 0.3) is 0 Å². The summed E-state index contributed by atoms with van der Waals surface area (Å²) in [5, 5.41) is 0. The predicted octanol–water partition coefficient (Wildman–Crippen LogP) is 1.22. The number of hydrogen-bond acceptors (Lipinski definition) is 4. The first-order valence-corrected chi connectivity index (χ1v) is 6.60. The molecule has 2 aliphatic rings. The molecule has 0 aliphatic carbocycles. The highest BCUT2D eigenvalue weighted by molar-refractivity contribution is 7.99. The van der Waals surface area contributed by atoms with E-state index < -0.39 is 0 Å². The highest BCUT2D eigenvalue weighted by atomic mass is 32.2. The van der Waals surface area contributed by atoms with Crippen LogP contribution in [0.5, 0.6) is 0 Å². The van der Waals surface area contributed by atoms with Gasteiger partial charge in [-0.2, -0.15) is 11.8 Å². The van der Waals surface area contributed by atoms with Crippen LogP contribution in [0.1, 0.15) is 19.3 Å². The van der Waals surface area contributed by atoms with Crippen molar-refractivity contribution in [1.82, 2.24) is 0 Å². The van der Waals surface area contributed by atoms with Gasteiger partial charge in [0.15, 0.2) is 6.29 Å². The third-order valence-corrected chi connectivity index (χ3v) is 4.08. The molecule has 2 N–H and O–H groups in total. The molecule has 0 aromatic carbocycles. The van der Waals surface area contributed by atoms with Gasteiger partial charge in [-0.1, -0.05) is 0 Å². The molecule has 2 aliphatic heterocycles. The zero-order valence-electron chi connectivity index (χ0n) is 8.48. The lowest BCUT2D eigenvalue weighted by atomic mass is 10.1. The van der Waals surface area contributed by atoms with Gasteiger partial charge in [-0.15, -0.1) is 0 Å². The fourth-order valence-electron chi connectivity index (χ4n) is 2.04. The second kappa shape index (κ2) is 5.35. The van der Waals surface area contributed by atoms with E-state index in [4.69, 9.17) is 15.2 Å². The zero-order valence-corrected chi connectivity index (χ0v) is 9.30. The number of ether oxygens (including phenoxy) is 2. The molecule has 0 aromatic rings. The first-order valence-electron chi connectivity index (χ1n) is 5.45. The average molecular weight is 217 g/mol. The van der Waals surface area contributed by atoms with Crippen molar-refractivity contribution < 1.29 is 9.47 Å². The summed E-state index contributed by atoms with van der Waals surface area (Å²) in [5.41, 5.74) is 5.49. The molecule has 4 heteroatoms. The molecule has 0 amide bonds. The molecule has 2 rings (SSSR count). The summed E-state index contributed by atoms with van der Waals surface area (Å²) >= 11 is 2.02. The minimum atomic E-state index is 0.0550. The highest BCUT2D eigenvalue weighted by Crippen LogP contribution is 2.30. The first-order chi connectivity index (χ1) is 6.90. The zero-order chi connectivity index (χ0) is 9.80. The maximum absolute atomic E-state index is 5.83. The summed E-state index contributed by atoms with van der Waals surface area (Å²) in [7, 11) is 0. The summed E-state index contributed by atoms with van der Waals surface area (Å²) in [6.45, 7) is 1.43. The van der Waals surface area contributed by atoms with Crippen LogP contribution in [0.4, 0.5) is 0 Å². The highest BCUT2D eigenvalue weighted by Gasteiger charge is 2.32. The van der Waals surface area contributed by atoms with Gasteiger partial charge in [0.1, 0.15) is 0 Å². The minimum Gasteiger partial charge on any atom is -0.350 e. The van der Waals surface area contributed by atoms with Crippen molar-refractivity contribution in [3.05, 3.63) is 0 Å². The van der Waals surface area contributed by atoms with Gasteiger partial charge in [0.2, 0.25) is 0 Å². The van der Waals surface area contributed by atoms with E-state index in [9.17, 15) is 0 Å². The van der Waals surface area contributed by atoms with Crippen LogP contribution in [-0.2, 0) is 9.47 Å². The van der Waals surface area contributed by atoms with Crippen LogP contribution in [-0.4, -0.2) is 37.1 Å². The van der Waals surface area contributed by atoms with E-state index in [1.807, 2.05) is 11.8 Å². The second-order valence-electron chi connectivity index (χ2n) is 4.01. The van der Waals surface area contributed by atoms with Gasteiger partial charge in [-0.3, -0.25) is 0 Å². The summed E-state index contributed by atoms with van der Waals surface area (Å²) in [4.78, 5) is 0. The number of rotatable bonds is 3.